The van der Waals surface area contributed by atoms with Crippen molar-refractivity contribution in [2.75, 3.05) is 14.1 Å². The highest BCUT2D eigenvalue weighted by Crippen LogP contribution is 2.14. The summed E-state index contributed by atoms with van der Waals surface area (Å²) in [5.41, 5.74) is 1.58. The molecule has 2 aromatic rings. The first kappa shape index (κ1) is 20.6. The van der Waals surface area contributed by atoms with Gasteiger partial charge in [0, 0.05) is 20.6 Å². The van der Waals surface area contributed by atoms with E-state index in [-0.39, 0.29) is 17.5 Å². The van der Waals surface area contributed by atoms with Gasteiger partial charge in [0.05, 0.1) is 10.9 Å². The SMILES string of the molecule is C[C@H](NC(=O)C(=O)NCc1ccc(S(=O)(=O)N(C)C)cc1)c1ccccc1. The monoisotopic (exact) mass is 389 g/mol. The van der Waals surface area contributed by atoms with Crippen LogP contribution in [-0.4, -0.2) is 38.6 Å². The van der Waals surface area contributed by atoms with Gasteiger partial charge in [0.25, 0.3) is 0 Å². The van der Waals surface area contributed by atoms with Crippen LogP contribution in [0, 0.1) is 0 Å². The molecule has 0 spiro atoms. The lowest BCUT2D eigenvalue weighted by atomic mass is 10.1. The highest BCUT2D eigenvalue weighted by Gasteiger charge is 2.18. The van der Waals surface area contributed by atoms with Crippen LogP contribution in [0.4, 0.5) is 0 Å². The van der Waals surface area contributed by atoms with Gasteiger partial charge < -0.3 is 10.6 Å². The third kappa shape index (κ3) is 5.38. The molecule has 0 aliphatic carbocycles. The third-order valence-corrected chi connectivity index (χ3v) is 5.84. The lowest BCUT2D eigenvalue weighted by Crippen LogP contribution is -2.40. The fourth-order valence-corrected chi connectivity index (χ4v) is 3.24. The normalized spacial score (nSPS) is 12.4. The maximum atomic E-state index is 12.0. The third-order valence-electron chi connectivity index (χ3n) is 4.01. The van der Waals surface area contributed by atoms with E-state index >= 15 is 0 Å². The smallest absolute Gasteiger partial charge is 0.309 e. The highest BCUT2D eigenvalue weighted by atomic mass is 32.2. The van der Waals surface area contributed by atoms with Crippen LogP contribution < -0.4 is 10.6 Å². The summed E-state index contributed by atoms with van der Waals surface area (Å²) < 4.78 is 25.2. The van der Waals surface area contributed by atoms with Gasteiger partial charge in [0.2, 0.25) is 10.0 Å². The zero-order chi connectivity index (χ0) is 20.0. The molecule has 0 aliphatic rings. The molecule has 2 rings (SSSR count). The molecular weight excluding hydrogens is 366 g/mol. The molecule has 2 aromatic carbocycles. The van der Waals surface area contributed by atoms with E-state index in [1.165, 1.54) is 26.2 Å². The average molecular weight is 389 g/mol. The lowest BCUT2D eigenvalue weighted by Gasteiger charge is -2.14. The van der Waals surface area contributed by atoms with Crippen LogP contribution in [0.15, 0.2) is 59.5 Å². The Morgan fingerprint density at radius 3 is 2.11 bits per heavy atom. The Bertz CT molecular complexity index is 894. The lowest BCUT2D eigenvalue weighted by molar-refractivity contribution is -0.139. The number of nitrogens with zero attached hydrogens (tertiary/aromatic N) is 1. The topological polar surface area (TPSA) is 95.6 Å². The summed E-state index contributed by atoms with van der Waals surface area (Å²) >= 11 is 0. The molecule has 0 fully saturated rings. The van der Waals surface area contributed by atoms with Crippen molar-refractivity contribution < 1.29 is 18.0 Å². The number of hydrogen-bond acceptors (Lipinski definition) is 4. The van der Waals surface area contributed by atoms with Crippen molar-refractivity contribution in [3.8, 4) is 0 Å². The Hall–Kier alpha value is -2.71. The number of nitrogens with one attached hydrogen (secondary N) is 2. The predicted molar refractivity (Wildman–Crippen MR) is 102 cm³/mol. The summed E-state index contributed by atoms with van der Waals surface area (Å²) in [5.74, 6) is -1.47. The molecule has 27 heavy (non-hydrogen) atoms. The van der Waals surface area contributed by atoms with E-state index in [2.05, 4.69) is 10.6 Å². The Morgan fingerprint density at radius 1 is 0.963 bits per heavy atom. The second-order valence-corrected chi connectivity index (χ2v) is 8.37. The van der Waals surface area contributed by atoms with Crippen molar-refractivity contribution in [1.29, 1.82) is 0 Å². The minimum absolute atomic E-state index is 0.119. The fourth-order valence-electron chi connectivity index (χ4n) is 2.34. The molecule has 1 atom stereocenters. The van der Waals surface area contributed by atoms with Gasteiger partial charge >= 0.3 is 11.8 Å². The Labute approximate surface area is 159 Å². The van der Waals surface area contributed by atoms with Gasteiger partial charge in [-0.15, -0.1) is 0 Å². The zero-order valence-corrected chi connectivity index (χ0v) is 16.3. The van der Waals surface area contributed by atoms with Crippen molar-refractivity contribution in [3.05, 3.63) is 65.7 Å². The Balaban J connectivity index is 1.90. The molecule has 0 aliphatic heterocycles. The first-order chi connectivity index (χ1) is 12.7. The number of amides is 2. The summed E-state index contributed by atoms with van der Waals surface area (Å²) in [5, 5.41) is 5.16. The fraction of sp³-hybridized carbons (Fsp3) is 0.263. The van der Waals surface area contributed by atoms with Gasteiger partial charge in [0.15, 0.2) is 0 Å². The van der Waals surface area contributed by atoms with Crippen LogP contribution in [0.2, 0.25) is 0 Å². The van der Waals surface area contributed by atoms with E-state index in [4.69, 9.17) is 0 Å². The van der Waals surface area contributed by atoms with Gasteiger partial charge in [-0.2, -0.15) is 0 Å². The number of carbonyl (C=O) groups is 2. The molecule has 0 heterocycles. The molecule has 0 bridgehead atoms. The minimum atomic E-state index is -3.50. The van der Waals surface area contributed by atoms with Crippen LogP contribution in [0.25, 0.3) is 0 Å². The molecule has 8 heteroatoms. The van der Waals surface area contributed by atoms with Crippen molar-refractivity contribution >= 4 is 21.8 Å². The first-order valence-corrected chi connectivity index (χ1v) is 9.81. The summed E-state index contributed by atoms with van der Waals surface area (Å²) in [4.78, 5) is 24.1. The number of carbonyl (C=O) groups excluding carboxylic acids is 2. The van der Waals surface area contributed by atoms with E-state index in [0.29, 0.717) is 5.56 Å². The molecule has 0 aromatic heterocycles. The van der Waals surface area contributed by atoms with Crippen molar-refractivity contribution in [1.82, 2.24) is 14.9 Å². The quantitative estimate of drug-likeness (QED) is 0.731. The van der Waals surface area contributed by atoms with Gasteiger partial charge in [-0.1, -0.05) is 42.5 Å². The highest BCUT2D eigenvalue weighted by molar-refractivity contribution is 7.89. The number of rotatable bonds is 6. The van der Waals surface area contributed by atoms with Crippen LogP contribution in [-0.2, 0) is 26.2 Å². The average Bonchev–Trinajstić information content (AvgIpc) is 2.66. The van der Waals surface area contributed by atoms with Gasteiger partial charge in [-0.05, 0) is 30.2 Å². The van der Waals surface area contributed by atoms with E-state index in [1.807, 2.05) is 30.3 Å². The molecule has 2 N–H and O–H groups in total. The van der Waals surface area contributed by atoms with Gasteiger partial charge in [-0.25, -0.2) is 12.7 Å². The standard InChI is InChI=1S/C19H23N3O4S/c1-14(16-7-5-4-6-8-16)21-19(24)18(23)20-13-15-9-11-17(12-10-15)27(25,26)22(2)3/h4-12,14H,13H2,1-3H3,(H,20,23)(H,21,24)/t14-/m0/s1. The summed E-state index contributed by atoms with van der Waals surface area (Å²) in [6, 6.07) is 15.2. The number of hydrogen-bond donors (Lipinski definition) is 2. The molecule has 0 unspecified atom stereocenters. The first-order valence-electron chi connectivity index (χ1n) is 8.37. The molecular formula is C19H23N3O4S. The largest absolute Gasteiger partial charge is 0.344 e. The molecule has 7 nitrogen and oxygen atoms in total. The van der Waals surface area contributed by atoms with Gasteiger partial charge in [0.1, 0.15) is 0 Å². The van der Waals surface area contributed by atoms with Crippen LogP contribution in [0.3, 0.4) is 0 Å². The number of sulfonamides is 1. The van der Waals surface area contributed by atoms with Crippen LogP contribution >= 0.6 is 0 Å². The van der Waals surface area contributed by atoms with Crippen LogP contribution in [0.1, 0.15) is 24.1 Å². The molecule has 0 radical (unpaired) electrons. The van der Waals surface area contributed by atoms with E-state index in [1.54, 1.807) is 19.1 Å². The second kappa shape index (κ2) is 8.79. The Kier molecular flexibility index (Phi) is 6.70. The maximum Gasteiger partial charge on any atom is 0.309 e. The van der Waals surface area contributed by atoms with Crippen LogP contribution in [0.5, 0.6) is 0 Å². The van der Waals surface area contributed by atoms with E-state index in [0.717, 1.165) is 9.87 Å². The van der Waals surface area contributed by atoms with Crippen molar-refractivity contribution in [2.45, 2.75) is 24.4 Å². The molecule has 144 valence electrons. The molecule has 0 saturated heterocycles. The second-order valence-electron chi connectivity index (χ2n) is 6.22. The Morgan fingerprint density at radius 2 is 1.56 bits per heavy atom. The minimum Gasteiger partial charge on any atom is -0.344 e. The molecule has 0 saturated carbocycles. The van der Waals surface area contributed by atoms with E-state index < -0.39 is 21.8 Å². The van der Waals surface area contributed by atoms with Crippen molar-refractivity contribution in [2.24, 2.45) is 0 Å². The predicted octanol–water partition coefficient (Wildman–Crippen LogP) is 1.43. The summed E-state index contributed by atoms with van der Waals surface area (Å²) in [6.07, 6.45) is 0. The summed E-state index contributed by atoms with van der Waals surface area (Å²) in [7, 11) is -0.583. The zero-order valence-electron chi connectivity index (χ0n) is 15.5. The number of benzene rings is 2. The maximum absolute atomic E-state index is 12.0. The summed E-state index contributed by atoms with van der Waals surface area (Å²) in [6.45, 7) is 1.92. The van der Waals surface area contributed by atoms with E-state index in [9.17, 15) is 18.0 Å². The van der Waals surface area contributed by atoms with Crippen molar-refractivity contribution in [3.63, 3.8) is 0 Å². The molecule has 2 amide bonds. The van der Waals surface area contributed by atoms with Gasteiger partial charge in [-0.3, -0.25) is 9.59 Å².